The van der Waals surface area contributed by atoms with Gasteiger partial charge >= 0.3 is 0 Å². The molecule has 1 aromatic heterocycles. The molecule has 2 N–H and O–H groups in total. The standard InChI is InChI=1S/C28H28ClF2N3O2/c1-17(35)21-13-8-18(14-24(21)36-4)28(2,3)25-15-32-26(34(25)20-11-9-19(30)10-12-20)16-33-27-22(29)6-5-7-23(27)31/h5-15,17,33,35H,16H2,1-4H3. The number of imidazole rings is 1. The van der Waals surface area contributed by atoms with Gasteiger partial charge in [0, 0.05) is 22.9 Å². The van der Waals surface area contributed by atoms with Crippen LogP contribution in [0.25, 0.3) is 5.69 Å². The van der Waals surface area contributed by atoms with Gasteiger partial charge in [0.05, 0.1) is 36.2 Å². The minimum Gasteiger partial charge on any atom is -0.496 e. The van der Waals surface area contributed by atoms with Crippen LogP contribution in [-0.4, -0.2) is 21.8 Å². The van der Waals surface area contributed by atoms with Crippen LogP contribution in [-0.2, 0) is 12.0 Å². The number of nitrogens with zero attached hydrogens (tertiary/aromatic N) is 2. The maximum atomic E-state index is 14.4. The van der Waals surface area contributed by atoms with E-state index in [1.165, 1.54) is 18.2 Å². The summed E-state index contributed by atoms with van der Waals surface area (Å²) in [5.74, 6) is 0.361. The van der Waals surface area contributed by atoms with Gasteiger partial charge in [-0.25, -0.2) is 13.8 Å². The van der Waals surface area contributed by atoms with Gasteiger partial charge in [0.2, 0.25) is 0 Å². The van der Waals surface area contributed by atoms with E-state index in [-0.39, 0.29) is 23.1 Å². The number of benzene rings is 3. The molecule has 1 atom stereocenters. The fourth-order valence-electron chi connectivity index (χ4n) is 4.26. The van der Waals surface area contributed by atoms with E-state index in [1.54, 1.807) is 44.5 Å². The molecule has 0 saturated carbocycles. The molecule has 188 valence electrons. The van der Waals surface area contributed by atoms with Crippen LogP contribution in [0.5, 0.6) is 5.75 Å². The predicted octanol–water partition coefficient (Wildman–Crippen LogP) is 6.80. The van der Waals surface area contributed by atoms with E-state index in [9.17, 15) is 13.9 Å². The molecule has 0 radical (unpaired) electrons. The zero-order valence-corrected chi connectivity index (χ0v) is 21.3. The monoisotopic (exact) mass is 511 g/mol. The zero-order chi connectivity index (χ0) is 26.0. The van der Waals surface area contributed by atoms with Crippen molar-refractivity contribution in [1.29, 1.82) is 0 Å². The van der Waals surface area contributed by atoms with E-state index in [2.05, 4.69) is 10.3 Å². The number of halogens is 3. The first-order valence-electron chi connectivity index (χ1n) is 11.5. The van der Waals surface area contributed by atoms with Crippen LogP contribution in [0.15, 0.2) is 66.9 Å². The van der Waals surface area contributed by atoms with Crippen molar-refractivity contribution in [2.75, 3.05) is 12.4 Å². The maximum absolute atomic E-state index is 14.4. The molecule has 0 bridgehead atoms. The molecular weight excluding hydrogens is 484 g/mol. The molecule has 0 amide bonds. The summed E-state index contributed by atoms with van der Waals surface area (Å²) in [5.41, 5.74) is 2.78. The number of hydrogen-bond donors (Lipinski definition) is 2. The van der Waals surface area contributed by atoms with Crippen LogP contribution in [0.1, 0.15) is 49.5 Å². The van der Waals surface area contributed by atoms with E-state index in [0.717, 1.165) is 11.3 Å². The van der Waals surface area contributed by atoms with Crippen molar-refractivity contribution < 1.29 is 18.6 Å². The summed E-state index contributed by atoms with van der Waals surface area (Å²) >= 11 is 6.19. The average molecular weight is 512 g/mol. The molecule has 36 heavy (non-hydrogen) atoms. The Hall–Kier alpha value is -3.42. The number of nitrogens with one attached hydrogen (secondary N) is 1. The molecule has 1 heterocycles. The molecule has 4 rings (SSSR count). The normalized spacial score (nSPS) is 12.4. The van der Waals surface area contributed by atoms with Crippen LogP contribution >= 0.6 is 11.6 Å². The summed E-state index contributed by atoms with van der Waals surface area (Å²) in [6.07, 6.45) is 1.09. The number of para-hydroxylation sites is 1. The van der Waals surface area contributed by atoms with Crippen LogP contribution in [0, 0.1) is 11.6 Å². The maximum Gasteiger partial charge on any atom is 0.147 e. The van der Waals surface area contributed by atoms with Gasteiger partial charge in [-0.05, 0) is 55.0 Å². The second kappa shape index (κ2) is 10.3. The van der Waals surface area contributed by atoms with Gasteiger partial charge in [0.25, 0.3) is 0 Å². The first-order chi connectivity index (χ1) is 17.1. The van der Waals surface area contributed by atoms with Crippen molar-refractivity contribution in [2.45, 2.75) is 38.8 Å². The van der Waals surface area contributed by atoms with Crippen molar-refractivity contribution in [3.05, 3.63) is 106 Å². The Labute approximate surface area is 214 Å². The van der Waals surface area contributed by atoms with Gasteiger partial charge in [-0.15, -0.1) is 0 Å². The average Bonchev–Trinajstić information content (AvgIpc) is 3.28. The first-order valence-corrected chi connectivity index (χ1v) is 11.9. The highest BCUT2D eigenvalue weighted by molar-refractivity contribution is 6.33. The molecule has 0 aliphatic heterocycles. The third-order valence-electron chi connectivity index (χ3n) is 6.35. The van der Waals surface area contributed by atoms with E-state index in [4.69, 9.17) is 16.3 Å². The summed E-state index contributed by atoms with van der Waals surface area (Å²) in [5, 5.41) is 13.4. The lowest BCUT2D eigenvalue weighted by atomic mass is 9.80. The molecule has 5 nitrogen and oxygen atoms in total. The topological polar surface area (TPSA) is 59.3 Å². The summed E-state index contributed by atoms with van der Waals surface area (Å²) in [4.78, 5) is 4.64. The van der Waals surface area contributed by atoms with Crippen LogP contribution in [0.4, 0.5) is 14.5 Å². The Morgan fingerprint density at radius 3 is 2.47 bits per heavy atom. The van der Waals surface area contributed by atoms with Gasteiger partial charge in [0.1, 0.15) is 23.2 Å². The van der Waals surface area contributed by atoms with Gasteiger partial charge in [-0.2, -0.15) is 0 Å². The Kier molecular flexibility index (Phi) is 7.33. The van der Waals surface area contributed by atoms with Gasteiger partial charge < -0.3 is 15.2 Å². The lowest BCUT2D eigenvalue weighted by Crippen LogP contribution is -2.24. The molecule has 8 heteroatoms. The molecule has 0 saturated heterocycles. The second-order valence-electron chi connectivity index (χ2n) is 9.08. The molecule has 3 aromatic carbocycles. The number of rotatable bonds is 8. The number of anilines is 1. The van der Waals surface area contributed by atoms with Gasteiger partial charge in [-0.3, -0.25) is 4.57 Å². The van der Waals surface area contributed by atoms with E-state index in [1.807, 2.05) is 36.6 Å². The molecule has 0 fully saturated rings. The quantitative estimate of drug-likeness (QED) is 0.273. The third-order valence-corrected chi connectivity index (χ3v) is 6.67. The highest BCUT2D eigenvalue weighted by Gasteiger charge is 2.30. The highest BCUT2D eigenvalue weighted by Crippen LogP contribution is 2.38. The van der Waals surface area contributed by atoms with Crippen LogP contribution in [0.2, 0.25) is 5.02 Å². The van der Waals surface area contributed by atoms with Crippen molar-refractivity contribution in [1.82, 2.24) is 9.55 Å². The predicted molar refractivity (Wildman–Crippen MR) is 138 cm³/mol. The fraction of sp³-hybridized carbons (Fsp3) is 0.250. The van der Waals surface area contributed by atoms with Gasteiger partial charge in [-0.1, -0.05) is 43.6 Å². The Bertz CT molecular complexity index is 1350. The number of aliphatic hydroxyl groups excluding tert-OH is 1. The van der Waals surface area contributed by atoms with Crippen molar-refractivity contribution in [2.24, 2.45) is 0 Å². The van der Waals surface area contributed by atoms with Gasteiger partial charge in [0.15, 0.2) is 0 Å². The SMILES string of the molecule is COc1cc(C(C)(C)c2cnc(CNc3c(F)cccc3Cl)n2-c2ccc(F)cc2)ccc1C(C)O. The Morgan fingerprint density at radius 1 is 1.11 bits per heavy atom. The molecule has 0 aliphatic carbocycles. The minimum atomic E-state index is -0.676. The lowest BCUT2D eigenvalue weighted by molar-refractivity contribution is 0.194. The largest absolute Gasteiger partial charge is 0.496 e. The molecule has 0 aliphatic rings. The number of aromatic nitrogens is 2. The number of ether oxygens (including phenoxy) is 1. The van der Waals surface area contributed by atoms with Crippen LogP contribution in [0.3, 0.4) is 0 Å². The fourth-order valence-corrected chi connectivity index (χ4v) is 4.49. The van der Waals surface area contributed by atoms with E-state index >= 15 is 0 Å². The number of methoxy groups -OCH3 is 1. The van der Waals surface area contributed by atoms with Crippen molar-refractivity contribution in [3.8, 4) is 11.4 Å². The summed E-state index contributed by atoms with van der Waals surface area (Å²) in [6.45, 7) is 5.96. The molecule has 4 aromatic rings. The summed E-state index contributed by atoms with van der Waals surface area (Å²) < 4.78 is 35.6. The smallest absolute Gasteiger partial charge is 0.147 e. The summed E-state index contributed by atoms with van der Waals surface area (Å²) in [7, 11) is 1.57. The Balaban J connectivity index is 1.80. The zero-order valence-electron chi connectivity index (χ0n) is 20.5. The molecular formula is C28H28ClF2N3O2. The third kappa shape index (κ3) is 4.94. The second-order valence-corrected chi connectivity index (χ2v) is 9.49. The lowest BCUT2D eigenvalue weighted by Gasteiger charge is -2.28. The van der Waals surface area contributed by atoms with Crippen LogP contribution < -0.4 is 10.1 Å². The van der Waals surface area contributed by atoms with Crippen molar-refractivity contribution >= 4 is 17.3 Å². The van der Waals surface area contributed by atoms with Crippen molar-refractivity contribution in [3.63, 3.8) is 0 Å². The molecule has 1 unspecified atom stereocenters. The minimum absolute atomic E-state index is 0.179. The summed E-state index contributed by atoms with van der Waals surface area (Å²) in [6, 6.07) is 16.3. The Morgan fingerprint density at radius 2 is 1.83 bits per heavy atom. The number of aliphatic hydroxyl groups is 1. The number of hydrogen-bond acceptors (Lipinski definition) is 4. The first kappa shape index (κ1) is 25.7. The van der Waals surface area contributed by atoms with E-state index in [0.29, 0.717) is 22.8 Å². The highest BCUT2D eigenvalue weighted by atomic mass is 35.5. The van der Waals surface area contributed by atoms with E-state index < -0.39 is 17.3 Å². The molecule has 0 spiro atoms.